The molecule has 1 atom stereocenters. The predicted octanol–water partition coefficient (Wildman–Crippen LogP) is 6.96. The van der Waals surface area contributed by atoms with Gasteiger partial charge >= 0.3 is 0 Å². The molecule has 0 aliphatic rings. The molecule has 0 fully saturated rings. The van der Waals surface area contributed by atoms with E-state index < -0.39 is 12.8 Å². The summed E-state index contributed by atoms with van der Waals surface area (Å²) >= 11 is 0. The van der Waals surface area contributed by atoms with Crippen LogP contribution >= 0.6 is 7.14 Å². The molecule has 0 heterocycles. The Balaban J connectivity index is 1.91. The molecule has 2 nitrogen and oxygen atoms in total. The van der Waals surface area contributed by atoms with Crippen molar-refractivity contribution in [1.82, 2.24) is 0 Å². The number of rotatable bonds is 5. The van der Waals surface area contributed by atoms with Crippen molar-refractivity contribution in [3.8, 4) is 5.75 Å². The van der Waals surface area contributed by atoms with Crippen LogP contribution in [0.15, 0.2) is 121 Å². The van der Waals surface area contributed by atoms with Crippen molar-refractivity contribution in [2.45, 2.75) is 12.6 Å². The quantitative estimate of drug-likeness (QED) is 0.295. The maximum Gasteiger partial charge on any atom is 0.154 e. The van der Waals surface area contributed by atoms with Gasteiger partial charge in [0.1, 0.15) is 5.75 Å². The number of hydrogen-bond donors (Lipinski definition) is 1. The maximum absolute atomic E-state index is 15.5. The lowest BCUT2D eigenvalue weighted by molar-refractivity contribution is 0.469. The number of fused-ring (bicyclic) bond motifs is 1. The summed E-state index contributed by atoms with van der Waals surface area (Å²) in [4.78, 5) is 0. The summed E-state index contributed by atoms with van der Waals surface area (Å²) in [7, 11) is -3.28. The summed E-state index contributed by atoms with van der Waals surface area (Å²) in [6.45, 7) is 2.04. The van der Waals surface area contributed by atoms with Crippen molar-refractivity contribution < 1.29 is 9.67 Å². The van der Waals surface area contributed by atoms with E-state index in [2.05, 4.69) is 0 Å². The van der Waals surface area contributed by atoms with Gasteiger partial charge in [0.2, 0.25) is 0 Å². The first-order valence-electron chi connectivity index (χ1n) is 11.1. The molecule has 0 saturated carbocycles. The number of hydrogen-bond acceptors (Lipinski definition) is 2. The summed E-state index contributed by atoms with van der Waals surface area (Å²) in [5.41, 5.74) is 2.21. The number of phenols is 1. The fraction of sp³-hybridized carbons (Fsp3) is 0.0667. The Morgan fingerprint density at radius 3 is 1.79 bits per heavy atom. The molecule has 5 aromatic carbocycles. The molecule has 0 aliphatic carbocycles. The van der Waals surface area contributed by atoms with E-state index in [4.69, 9.17) is 0 Å². The van der Waals surface area contributed by atoms with Gasteiger partial charge in [0.25, 0.3) is 0 Å². The minimum Gasteiger partial charge on any atom is -0.508 e. The van der Waals surface area contributed by atoms with Crippen molar-refractivity contribution in [1.29, 1.82) is 0 Å². The molecule has 0 radical (unpaired) electrons. The highest BCUT2D eigenvalue weighted by Gasteiger charge is 2.40. The second-order valence-electron chi connectivity index (χ2n) is 8.36. The van der Waals surface area contributed by atoms with E-state index in [0.717, 1.165) is 32.5 Å². The molecule has 5 aromatic rings. The number of phenolic OH excluding ortho intramolecular Hbond substituents is 1. The van der Waals surface area contributed by atoms with E-state index in [0.29, 0.717) is 5.56 Å². The normalized spacial score (nSPS) is 12.5. The molecule has 0 bridgehead atoms. The van der Waals surface area contributed by atoms with Crippen molar-refractivity contribution in [3.05, 3.63) is 138 Å². The molecule has 1 N–H and O–H groups in total. The molecule has 1 unspecified atom stereocenters. The molecular weight excluding hydrogens is 423 g/mol. The van der Waals surface area contributed by atoms with Crippen molar-refractivity contribution >= 4 is 28.5 Å². The first kappa shape index (κ1) is 21.2. The van der Waals surface area contributed by atoms with Gasteiger partial charge in [-0.15, -0.1) is 0 Å². The Hall–Kier alpha value is -3.61. The molecule has 0 aromatic heterocycles. The predicted molar refractivity (Wildman–Crippen MR) is 138 cm³/mol. The number of benzene rings is 5. The van der Waals surface area contributed by atoms with Gasteiger partial charge in [-0.05, 0) is 29.3 Å². The third kappa shape index (κ3) is 3.77. The molecule has 0 saturated heterocycles. The lowest BCUT2D eigenvalue weighted by Crippen LogP contribution is -2.22. The van der Waals surface area contributed by atoms with Crippen LogP contribution in [0.25, 0.3) is 10.8 Å². The standard InChI is InChI=1S/C30H25O2P/c1-22-16-18-24(19-17-22)30(29-27-15-9-8-10-23(27)20-21-28(29)31)33(32,25-11-4-2-5-12-25)26-13-6-3-7-14-26/h2-21,30-31H,1H3. The lowest BCUT2D eigenvalue weighted by atomic mass is 9.96. The van der Waals surface area contributed by atoms with E-state index >= 15 is 4.57 Å². The SMILES string of the molecule is Cc1ccc(C(c2c(O)ccc3ccccc23)P(=O)(c2ccccc2)c2ccccc2)cc1. The van der Waals surface area contributed by atoms with E-state index in [1.54, 1.807) is 6.07 Å². The topological polar surface area (TPSA) is 37.3 Å². The monoisotopic (exact) mass is 448 g/mol. The van der Waals surface area contributed by atoms with Gasteiger partial charge in [0.15, 0.2) is 7.14 Å². The van der Waals surface area contributed by atoms with Crippen molar-refractivity contribution in [2.24, 2.45) is 0 Å². The Morgan fingerprint density at radius 2 is 1.18 bits per heavy atom. The van der Waals surface area contributed by atoms with Gasteiger partial charge in [-0.25, -0.2) is 0 Å². The van der Waals surface area contributed by atoms with Crippen LogP contribution in [0.4, 0.5) is 0 Å². The summed E-state index contributed by atoms with van der Waals surface area (Å²) < 4.78 is 15.5. The Morgan fingerprint density at radius 1 is 0.636 bits per heavy atom. The highest BCUT2D eigenvalue weighted by molar-refractivity contribution is 7.79. The third-order valence-electron chi connectivity index (χ3n) is 6.26. The Bertz CT molecular complexity index is 1400. The molecule has 33 heavy (non-hydrogen) atoms. The smallest absolute Gasteiger partial charge is 0.154 e. The molecule has 0 spiro atoms. The Kier molecular flexibility index (Phi) is 5.62. The minimum absolute atomic E-state index is 0.159. The minimum atomic E-state index is -3.28. The average molecular weight is 449 g/mol. The van der Waals surface area contributed by atoms with Crippen LogP contribution in [0.1, 0.15) is 22.3 Å². The zero-order valence-corrected chi connectivity index (χ0v) is 19.3. The second-order valence-corrected chi connectivity index (χ2v) is 11.2. The first-order chi connectivity index (χ1) is 16.1. The maximum atomic E-state index is 15.5. The molecule has 3 heteroatoms. The van der Waals surface area contributed by atoms with Crippen LogP contribution < -0.4 is 10.6 Å². The Labute approximate surface area is 194 Å². The summed E-state index contributed by atoms with van der Waals surface area (Å²) in [6.07, 6.45) is 0. The van der Waals surface area contributed by atoms with Crippen LogP contribution in [0, 0.1) is 6.92 Å². The van der Waals surface area contributed by atoms with E-state index in [1.165, 1.54) is 0 Å². The zero-order chi connectivity index (χ0) is 22.8. The molecule has 0 aliphatic heterocycles. The molecular formula is C30H25O2P. The van der Waals surface area contributed by atoms with Crippen LogP contribution in [0.3, 0.4) is 0 Å². The van der Waals surface area contributed by atoms with Crippen LogP contribution in [-0.2, 0) is 4.57 Å². The van der Waals surface area contributed by atoms with Gasteiger partial charge in [0, 0.05) is 16.2 Å². The third-order valence-corrected chi connectivity index (χ3v) is 9.67. The fourth-order valence-electron chi connectivity index (χ4n) is 4.62. The van der Waals surface area contributed by atoms with Gasteiger partial charge in [-0.1, -0.05) is 121 Å². The molecule has 5 rings (SSSR count). The molecule has 162 valence electrons. The zero-order valence-electron chi connectivity index (χ0n) is 18.4. The first-order valence-corrected chi connectivity index (χ1v) is 12.8. The summed E-state index contributed by atoms with van der Waals surface area (Å²) in [5.74, 6) is 0.159. The average Bonchev–Trinajstić information content (AvgIpc) is 2.87. The number of aromatic hydroxyl groups is 1. The number of aryl methyl sites for hydroxylation is 1. The van der Waals surface area contributed by atoms with Gasteiger partial charge in [0.05, 0.1) is 5.66 Å². The van der Waals surface area contributed by atoms with Crippen LogP contribution in [-0.4, -0.2) is 5.11 Å². The van der Waals surface area contributed by atoms with Gasteiger partial charge in [-0.2, -0.15) is 0 Å². The van der Waals surface area contributed by atoms with Gasteiger partial charge < -0.3 is 9.67 Å². The van der Waals surface area contributed by atoms with E-state index in [9.17, 15) is 5.11 Å². The van der Waals surface area contributed by atoms with Crippen LogP contribution in [0.2, 0.25) is 0 Å². The highest BCUT2D eigenvalue weighted by Crippen LogP contribution is 2.62. The second kappa shape index (κ2) is 8.73. The summed E-state index contributed by atoms with van der Waals surface area (Å²) in [6, 6.07) is 39.2. The van der Waals surface area contributed by atoms with Crippen molar-refractivity contribution in [2.75, 3.05) is 0 Å². The van der Waals surface area contributed by atoms with E-state index in [-0.39, 0.29) is 5.75 Å². The fourth-order valence-corrected chi connectivity index (χ4v) is 7.98. The van der Waals surface area contributed by atoms with Gasteiger partial charge in [-0.3, -0.25) is 0 Å². The highest BCUT2D eigenvalue weighted by atomic mass is 31.2. The van der Waals surface area contributed by atoms with E-state index in [1.807, 2.05) is 122 Å². The molecule has 0 amide bonds. The largest absolute Gasteiger partial charge is 0.508 e. The summed E-state index contributed by atoms with van der Waals surface area (Å²) in [5, 5.41) is 14.7. The lowest BCUT2D eigenvalue weighted by Gasteiger charge is -2.31. The van der Waals surface area contributed by atoms with Crippen molar-refractivity contribution in [3.63, 3.8) is 0 Å². The van der Waals surface area contributed by atoms with Crippen LogP contribution in [0.5, 0.6) is 5.75 Å².